The maximum atomic E-state index is 13.4. The highest BCUT2D eigenvalue weighted by Gasteiger charge is 2.34. The van der Waals surface area contributed by atoms with Crippen LogP contribution in [0.3, 0.4) is 0 Å². The molecule has 2 heterocycles. The number of likely N-dealkylation sites (tertiary alicyclic amines) is 1. The summed E-state index contributed by atoms with van der Waals surface area (Å²) in [4.78, 5) is 30.0. The number of nitrogens with two attached hydrogens (primary N) is 1. The van der Waals surface area contributed by atoms with Gasteiger partial charge in [-0.15, -0.1) is 0 Å². The van der Waals surface area contributed by atoms with Gasteiger partial charge in [-0.1, -0.05) is 18.2 Å². The first-order valence-electron chi connectivity index (χ1n) is 13.5. The Morgan fingerprint density at radius 1 is 1.00 bits per heavy atom. The zero-order valence-electron chi connectivity index (χ0n) is 21.6. The lowest BCUT2D eigenvalue weighted by atomic mass is 9.80. The molecule has 1 unspecified atom stereocenters. The van der Waals surface area contributed by atoms with Crippen molar-refractivity contribution in [3.05, 3.63) is 77.2 Å². The number of carbonyl (C=O) groups excluding carboxylic acids is 2. The van der Waals surface area contributed by atoms with E-state index in [0.29, 0.717) is 31.8 Å². The molecule has 2 aliphatic rings. The first kappa shape index (κ1) is 27.0. The van der Waals surface area contributed by atoms with Gasteiger partial charge in [-0.2, -0.15) is 0 Å². The summed E-state index contributed by atoms with van der Waals surface area (Å²) in [5.74, 6) is -4.34. The Kier molecular flexibility index (Phi) is 8.07. The highest BCUT2D eigenvalue weighted by atomic mass is 19.2. The molecule has 1 saturated carbocycles. The van der Waals surface area contributed by atoms with Crippen LogP contribution in [0.2, 0.25) is 0 Å². The van der Waals surface area contributed by atoms with Gasteiger partial charge >= 0.3 is 0 Å². The van der Waals surface area contributed by atoms with E-state index in [0.717, 1.165) is 43.3 Å². The van der Waals surface area contributed by atoms with Crippen LogP contribution in [-0.2, 0) is 9.59 Å². The number of benzene rings is 2. The van der Waals surface area contributed by atoms with Crippen LogP contribution in [-0.4, -0.2) is 46.9 Å². The molecule has 6 nitrogen and oxygen atoms in total. The molecule has 1 aromatic heterocycles. The van der Waals surface area contributed by atoms with Crippen molar-refractivity contribution in [1.82, 2.24) is 15.2 Å². The van der Waals surface area contributed by atoms with Gasteiger partial charge in [0.2, 0.25) is 11.8 Å². The standard InChI is InChI=1S/C30H33F3N4O2/c31-24-15-18(16-25(32)28(24)33)5-10-27(38)37-13-11-20(12-14-37)29(30(34)39)36-21-8-6-19(7-9-21)23-17-35-26-4-2-1-3-22(23)26/h1-5,10,15-17,19-21,29,35-36H,6-9,11-14H2,(H2,34,39)/b10-5+. The highest BCUT2D eigenvalue weighted by Crippen LogP contribution is 2.37. The van der Waals surface area contributed by atoms with Gasteiger partial charge in [0.1, 0.15) is 0 Å². The summed E-state index contributed by atoms with van der Waals surface area (Å²) >= 11 is 0. The van der Waals surface area contributed by atoms with Gasteiger partial charge in [0, 0.05) is 42.3 Å². The fourth-order valence-corrected chi connectivity index (χ4v) is 6.10. The average molecular weight is 539 g/mol. The van der Waals surface area contributed by atoms with E-state index < -0.39 is 23.5 Å². The second kappa shape index (κ2) is 11.7. The van der Waals surface area contributed by atoms with Crippen LogP contribution in [0.5, 0.6) is 0 Å². The molecule has 1 aliphatic heterocycles. The fraction of sp³-hybridized carbons (Fsp3) is 0.400. The van der Waals surface area contributed by atoms with E-state index in [2.05, 4.69) is 34.7 Å². The first-order valence-corrected chi connectivity index (χ1v) is 13.5. The number of amides is 2. The van der Waals surface area contributed by atoms with E-state index in [1.807, 2.05) is 6.07 Å². The molecule has 0 radical (unpaired) electrons. The smallest absolute Gasteiger partial charge is 0.246 e. The summed E-state index contributed by atoms with van der Waals surface area (Å²) in [7, 11) is 0. The lowest BCUT2D eigenvalue weighted by molar-refractivity contribution is -0.128. The normalized spacial score (nSPS) is 21.5. The van der Waals surface area contributed by atoms with Crippen LogP contribution in [0.15, 0.2) is 48.7 Å². The number of carbonyl (C=O) groups is 2. The molecule has 1 aliphatic carbocycles. The number of H-pyrrole nitrogens is 1. The van der Waals surface area contributed by atoms with Gasteiger partial charge in [0.15, 0.2) is 17.5 Å². The quantitative estimate of drug-likeness (QED) is 0.292. The van der Waals surface area contributed by atoms with E-state index in [1.54, 1.807) is 4.90 Å². The highest BCUT2D eigenvalue weighted by molar-refractivity contribution is 5.92. The molecular weight excluding hydrogens is 505 g/mol. The van der Waals surface area contributed by atoms with Gasteiger partial charge in [-0.3, -0.25) is 9.59 Å². The van der Waals surface area contributed by atoms with Crippen molar-refractivity contribution in [2.75, 3.05) is 13.1 Å². The summed E-state index contributed by atoms with van der Waals surface area (Å²) in [5.41, 5.74) is 8.38. The van der Waals surface area contributed by atoms with Crippen LogP contribution in [0.1, 0.15) is 55.6 Å². The molecule has 39 heavy (non-hydrogen) atoms. The Labute approximate surface area is 225 Å². The van der Waals surface area contributed by atoms with E-state index >= 15 is 0 Å². The fourth-order valence-electron chi connectivity index (χ4n) is 6.10. The molecular formula is C30H33F3N4O2. The third kappa shape index (κ3) is 6.03. The second-order valence-electron chi connectivity index (χ2n) is 10.7. The molecule has 2 aromatic carbocycles. The molecule has 5 rings (SSSR count). The van der Waals surface area contributed by atoms with Crippen molar-refractivity contribution in [2.24, 2.45) is 11.7 Å². The van der Waals surface area contributed by atoms with Crippen LogP contribution in [0.4, 0.5) is 13.2 Å². The third-order valence-electron chi connectivity index (χ3n) is 8.26. The molecule has 4 N–H and O–H groups in total. The van der Waals surface area contributed by atoms with Gasteiger partial charge < -0.3 is 20.9 Å². The topological polar surface area (TPSA) is 91.2 Å². The molecule has 0 spiro atoms. The van der Waals surface area contributed by atoms with Crippen molar-refractivity contribution in [3.63, 3.8) is 0 Å². The van der Waals surface area contributed by atoms with Crippen LogP contribution in [0.25, 0.3) is 17.0 Å². The van der Waals surface area contributed by atoms with E-state index in [4.69, 9.17) is 5.73 Å². The number of hydrogen-bond donors (Lipinski definition) is 3. The van der Waals surface area contributed by atoms with Gasteiger partial charge in [-0.25, -0.2) is 13.2 Å². The zero-order valence-corrected chi connectivity index (χ0v) is 21.6. The van der Waals surface area contributed by atoms with Crippen LogP contribution in [0, 0.1) is 23.4 Å². The number of para-hydroxylation sites is 1. The van der Waals surface area contributed by atoms with Crippen LogP contribution >= 0.6 is 0 Å². The Morgan fingerprint density at radius 3 is 2.33 bits per heavy atom. The Bertz CT molecular complexity index is 1350. The predicted octanol–water partition coefficient (Wildman–Crippen LogP) is 5.01. The number of fused-ring (bicyclic) bond motifs is 1. The molecule has 1 atom stereocenters. The van der Waals surface area contributed by atoms with Crippen molar-refractivity contribution in [1.29, 1.82) is 0 Å². The lowest BCUT2D eigenvalue weighted by Crippen LogP contribution is -2.54. The van der Waals surface area contributed by atoms with E-state index in [1.165, 1.54) is 23.1 Å². The minimum absolute atomic E-state index is 0.0159. The summed E-state index contributed by atoms with van der Waals surface area (Å²) in [5, 5.41) is 4.81. The molecule has 2 fully saturated rings. The van der Waals surface area contributed by atoms with Crippen LogP contribution < -0.4 is 11.1 Å². The number of aromatic nitrogens is 1. The third-order valence-corrected chi connectivity index (χ3v) is 8.26. The maximum absolute atomic E-state index is 13.4. The average Bonchev–Trinajstić information content (AvgIpc) is 3.38. The zero-order chi connectivity index (χ0) is 27.5. The van der Waals surface area contributed by atoms with Gasteiger partial charge in [0.05, 0.1) is 6.04 Å². The number of nitrogens with zero attached hydrogens (tertiary/aromatic N) is 1. The number of aromatic amines is 1. The molecule has 9 heteroatoms. The van der Waals surface area contributed by atoms with Crippen molar-refractivity contribution < 1.29 is 22.8 Å². The van der Waals surface area contributed by atoms with E-state index in [9.17, 15) is 22.8 Å². The summed E-state index contributed by atoms with van der Waals surface area (Å²) in [6.07, 6.45) is 9.83. The Balaban J connectivity index is 1.13. The first-order chi connectivity index (χ1) is 18.8. The number of hydrogen-bond acceptors (Lipinski definition) is 3. The summed E-state index contributed by atoms with van der Waals surface area (Å²) < 4.78 is 40.0. The maximum Gasteiger partial charge on any atom is 0.246 e. The monoisotopic (exact) mass is 538 g/mol. The molecule has 3 aromatic rings. The SMILES string of the molecule is NC(=O)C(NC1CCC(c2c[nH]c3ccccc23)CC1)C1CCN(C(=O)/C=C/c2cc(F)c(F)c(F)c2)CC1. The Hall–Kier alpha value is -3.59. The largest absolute Gasteiger partial charge is 0.368 e. The second-order valence-corrected chi connectivity index (χ2v) is 10.7. The number of piperidine rings is 1. The number of primary amides is 1. The number of rotatable bonds is 7. The molecule has 206 valence electrons. The number of nitrogens with one attached hydrogen (secondary N) is 2. The molecule has 1 saturated heterocycles. The van der Waals surface area contributed by atoms with Crippen molar-refractivity contribution in [2.45, 2.75) is 56.5 Å². The minimum Gasteiger partial charge on any atom is -0.368 e. The molecule has 0 bridgehead atoms. The van der Waals surface area contributed by atoms with Gasteiger partial charge in [0.25, 0.3) is 0 Å². The summed E-state index contributed by atoms with van der Waals surface area (Å²) in [6.45, 7) is 0.886. The van der Waals surface area contributed by atoms with Crippen molar-refractivity contribution >= 4 is 28.8 Å². The predicted molar refractivity (Wildman–Crippen MR) is 144 cm³/mol. The summed E-state index contributed by atoms with van der Waals surface area (Å²) in [6, 6.07) is 9.77. The van der Waals surface area contributed by atoms with E-state index in [-0.39, 0.29) is 29.3 Å². The molecule has 2 amide bonds. The van der Waals surface area contributed by atoms with Gasteiger partial charge in [-0.05, 0) is 85.8 Å². The van der Waals surface area contributed by atoms with Crippen molar-refractivity contribution in [3.8, 4) is 0 Å². The Morgan fingerprint density at radius 2 is 1.67 bits per heavy atom. The minimum atomic E-state index is -1.54. The number of halogens is 3. The lowest BCUT2D eigenvalue weighted by Gasteiger charge is -2.38.